The molecule has 1 amide bonds. The molecule has 8 heteroatoms. The molecular weight excluding hydrogens is 320 g/mol. The summed E-state index contributed by atoms with van der Waals surface area (Å²) >= 11 is 0. The fraction of sp³-hybridized carbons (Fsp3) is 0.467. The summed E-state index contributed by atoms with van der Waals surface area (Å²) in [6.45, 7) is 3.68. The summed E-state index contributed by atoms with van der Waals surface area (Å²) in [6.07, 6.45) is 0. The summed E-state index contributed by atoms with van der Waals surface area (Å²) in [5.74, 6) is -1.41. The number of carbonyl (C=O) groups is 2. The Balaban J connectivity index is 3.05. The number of benzene rings is 1. The van der Waals surface area contributed by atoms with Crippen molar-refractivity contribution in [3.05, 3.63) is 29.8 Å². The molecule has 1 rings (SSSR count). The summed E-state index contributed by atoms with van der Waals surface area (Å²) in [7, 11) is -0.719. The maximum absolute atomic E-state index is 12.4. The van der Waals surface area contributed by atoms with Gasteiger partial charge in [-0.1, -0.05) is 13.8 Å². The molecule has 1 aromatic rings. The highest BCUT2D eigenvalue weighted by Gasteiger charge is 2.21. The van der Waals surface area contributed by atoms with Crippen LogP contribution in [0.5, 0.6) is 0 Å². The van der Waals surface area contributed by atoms with Gasteiger partial charge < -0.3 is 10.0 Å². The van der Waals surface area contributed by atoms with Crippen LogP contribution in [0.25, 0.3) is 0 Å². The van der Waals surface area contributed by atoms with Crippen molar-refractivity contribution in [1.82, 2.24) is 9.21 Å². The number of carboxylic acids is 1. The Hall–Kier alpha value is -1.93. The van der Waals surface area contributed by atoms with E-state index >= 15 is 0 Å². The van der Waals surface area contributed by atoms with Gasteiger partial charge in [-0.25, -0.2) is 12.7 Å². The molecule has 0 saturated heterocycles. The van der Waals surface area contributed by atoms with Crippen LogP contribution in [-0.4, -0.2) is 61.8 Å². The molecule has 0 bridgehead atoms. The molecule has 0 atom stereocenters. The van der Waals surface area contributed by atoms with Crippen molar-refractivity contribution in [1.29, 1.82) is 0 Å². The smallest absolute Gasteiger partial charge is 0.323 e. The van der Waals surface area contributed by atoms with Gasteiger partial charge in [0.15, 0.2) is 0 Å². The lowest BCUT2D eigenvalue weighted by Crippen LogP contribution is -2.38. The predicted octanol–water partition coefficient (Wildman–Crippen LogP) is 1.12. The van der Waals surface area contributed by atoms with E-state index in [2.05, 4.69) is 0 Å². The predicted molar refractivity (Wildman–Crippen MR) is 85.7 cm³/mol. The molecule has 0 aliphatic rings. The van der Waals surface area contributed by atoms with E-state index in [-0.39, 0.29) is 16.4 Å². The molecular formula is C15H22N2O5S. The lowest BCUT2D eigenvalue weighted by Gasteiger charge is -2.23. The Morgan fingerprint density at radius 3 is 2.04 bits per heavy atom. The molecule has 1 N–H and O–H groups in total. The van der Waals surface area contributed by atoms with Crippen LogP contribution in [0.3, 0.4) is 0 Å². The molecule has 0 radical (unpaired) electrons. The average molecular weight is 342 g/mol. The summed E-state index contributed by atoms with van der Waals surface area (Å²) in [5.41, 5.74) is 0.254. The van der Waals surface area contributed by atoms with Crippen molar-refractivity contribution in [2.24, 2.45) is 5.92 Å². The lowest BCUT2D eigenvalue weighted by atomic mass is 10.1. The van der Waals surface area contributed by atoms with Crippen LogP contribution in [0.1, 0.15) is 24.2 Å². The highest BCUT2D eigenvalue weighted by molar-refractivity contribution is 7.89. The van der Waals surface area contributed by atoms with Gasteiger partial charge in [0.25, 0.3) is 5.91 Å². The van der Waals surface area contributed by atoms with E-state index < -0.39 is 28.4 Å². The van der Waals surface area contributed by atoms with Gasteiger partial charge in [-0.15, -0.1) is 0 Å². The van der Waals surface area contributed by atoms with E-state index in [0.29, 0.717) is 6.54 Å². The first-order valence-electron chi connectivity index (χ1n) is 7.09. The topological polar surface area (TPSA) is 95.0 Å². The molecule has 0 fully saturated rings. The van der Waals surface area contributed by atoms with Crippen molar-refractivity contribution in [2.45, 2.75) is 18.7 Å². The van der Waals surface area contributed by atoms with Crippen LogP contribution in [0, 0.1) is 5.92 Å². The van der Waals surface area contributed by atoms with Crippen LogP contribution in [0.2, 0.25) is 0 Å². The van der Waals surface area contributed by atoms with Crippen molar-refractivity contribution in [3.8, 4) is 0 Å². The molecule has 0 saturated carbocycles. The first-order chi connectivity index (χ1) is 10.6. The first kappa shape index (κ1) is 19.1. The number of hydrogen-bond donors (Lipinski definition) is 1. The standard InChI is InChI=1S/C15H22N2O5S/c1-11(2)9-17(10-14(18)19)15(20)12-5-7-13(8-6-12)23(21,22)16(3)4/h5-8,11H,9-10H2,1-4H3,(H,18,19). The minimum absolute atomic E-state index is 0.0766. The lowest BCUT2D eigenvalue weighted by molar-refractivity contribution is -0.137. The van der Waals surface area contributed by atoms with E-state index in [0.717, 1.165) is 4.31 Å². The van der Waals surface area contributed by atoms with Crippen LogP contribution >= 0.6 is 0 Å². The van der Waals surface area contributed by atoms with Crippen LogP contribution in [0.15, 0.2) is 29.2 Å². The summed E-state index contributed by atoms with van der Waals surface area (Å²) in [4.78, 5) is 24.6. The minimum Gasteiger partial charge on any atom is -0.480 e. The third-order valence-corrected chi connectivity index (χ3v) is 4.91. The van der Waals surface area contributed by atoms with Crippen LogP contribution in [-0.2, 0) is 14.8 Å². The maximum atomic E-state index is 12.4. The molecule has 0 aromatic heterocycles. The van der Waals surface area contributed by atoms with Gasteiger partial charge in [-0.2, -0.15) is 0 Å². The number of aliphatic carboxylic acids is 1. The second-order valence-electron chi connectivity index (χ2n) is 5.79. The first-order valence-corrected chi connectivity index (χ1v) is 8.53. The maximum Gasteiger partial charge on any atom is 0.323 e. The van der Waals surface area contributed by atoms with Crippen LogP contribution in [0.4, 0.5) is 0 Å². The van der Waals surface area contributed by atoms with Crippen LogP contribution < -0.4 is 0 Å². The SMILES string of the molecule is CC(C)CN(CC(=O)O)C(=O)c1ccc(S(=O)(=O)N(C)C)cc1. The minimum atomic E-state index is -3.56. The molecule has 0 unspecified atom stereocenters. The van der Waals surface area contributed by atoms with Gasteiger partial charge in [-0.3, -0.25) is 9.59 Å². The zero-order valence-electron chi connectivity index (χ0n) is 13.7. The Bertz CT molecular complexity index is 666. The zero-order valence-corrected chi connectivity index (χ0v) is 14.5. The van der Waals surface area contributed by atoms with E-state index in [4.69, 9.17) is 5.11 Å². The number of carboxylic acid groups (broad SMARTS) is 1. The average Bonchev–Trinajstić information content (AvgIpc) is 2.44. The molecule has 0 spiro atoms. The highest BCUT2D eigenvalue weighted by atomic mass is 32.2. The molecule has 0 heterocycles. The fourth-order valence-corrected chi connectivity index (χ4v) is 2.89. The van der Waals surface area contributed by atoms with E-state index in [1.165, 1.54) is 43.3 Å². The zero-order chi connectivity index (χ0) is 17.8. The molecule has 23 heavy (non-hydrogen) atoms. The summed E-state index contributed by atoms with van der Waals surface area (Å²) < 4.78 is 25.1. The third-order valence-electron chi connectivity index (χ3n) is 3.08. The Kier molecular flexibility index (Phi) is 6.28. The van der Waals surface area contributed by atoms with Gasteiger partial charge >= 0.3 is 5.97 Å². The molecule has 128 valence electrons. The van der Waals surface area contributed by atoms with E-state index in [9.17, 15) is 18.0 Å². The number of nitrogens with zero attached hydrogens (tertiary/aromatic N) is 2. The normalized spacial score (nSPS) is 11.7. The summed E-state index contributed by atoms with van der Waals surface area (Å²) in [6, 6.07) is 5.48. The van der Waals surface area contributed by atoms with E-state index in [1.54, 1.807) is 0 Å². The fourth-order valence-electron chi connectivity index (χ4n) is 1.99. The number of hydrogen-bond acceptors (Lipinski definition) is 4. The van der Waals surface area contributed by atoms with Gasteiger partial charge in [0.1, 0.15) is 6.54 Å². The molecule has 0 aliphatic heterocycles. The summed E-state index contributed by atoms with van der Waals surface area (Å²) in [5, 5.41) is 8.93. The quantitative estimate of drug-likeness (QED) is 0.801. The van der Waals surface area contributed by atoms with Gasteiger partial charge in [-0.05, 0) is 30.2 Å². The van der Waals surface area contributed by atoms with Crippen molar-refractivity contribution < 1.29 is 23.1 Å². The van der Waals surface area contributed by atoms with E-state index in [1.807, 2.05) is 13.8 Å². The van der Waals surface area contributed by atoms with Gasteiger partial charge in [0.2, 0.25) is 10.0 Å². The highest BCUT2D eigenvalue weighted by Crippen LogP contribution is 2.15. The van der Waals surface area contributed by atoms with Crippen molar-refractivity contribution >= 4 is 21.9 Å². The van der Waals surface area contributed by atoms with Gasteiger partial charge in [0, 0.05) is 26.2 Å². The molecule has 7 nitrogen and oxygen atoms in total. The number of amides is 1. The Morgan fingerprint density at radius 2 is 1.65 bits per heavy atom. The molecule has 1 aromatic carbocycles. The Labute approximate surface area is 136 Å². The second-order valence-corrected chi connectivity index (χ2v) is 7.94. The van der Waals surface area contributed by atoms with Crippen molar-refractivity contribution in [3.63, 3.8) is 0 Å². The molecule has 0 aliphatic carbocycles. The third kappa shape index (κ3) is 5.04. The largest absolute Gasteiger partial charge is 0.480 e. The Morgan fingerprint density at radius 1 is 1.13 bits per heavy atom. The number of carbonyl (C=O) groups excluding carboxylic acids is 1. The monoisotopic (exact) mass is 342 g/mol. The number of sulfonamides is 1. The van der Waals surface area contributed by atoms with Crippen molar-refractivity contribution in [2.75, 3.05) is 27.2 Å². The second kappa shape index (κ2) is 7.56. The number of rotatable bonds is 7. The van der Waals surface area contributed by atoms with Gasteiger partial charge in [0.05, 0.1) is 4.90 Å².